The number of hydrogen-bond acceptors (Lipinski definition) is 2. The van der Waals surface area contributed by atoms with Gasteiger partial charge in [-0.1, -0.05) is 42.0 Å². The maximum Gasteiger partial charge on any atom is 0.231 e. The van der Waals surface area contributed by atoms with Crippen LogP contribution in [0.15, 0.2) is 42.5 Å². The number of carbonyl (C=O) groups excluding carboxylic acids is 2. The van der Waals surface area contributed by atoms with Crippen molar-refractivity contribution in [3.8, 4) is 0 Å². The van der Waals surface area contributed by atoms with Crippen molar-refractivity contribution in [1.29, 1.82) is 0 Å². The summed E-state index contributed by atoms with van der Waals surface area (Å²) >= 11 is 0. The lowest BCUT2D eigenvalue weighted by molar-refractivity contribution is -0.120. The van der Waals surface area contributed by atoms with Crippen molar-refractivity contribution in [2.75, 3.05) is 18.5 Å². The Hall–Kier alpha value is -2.62. The van der Waals surface area contributed by atoms with Crippen molar-refractivity contribution in [3.05, 3.63) is 64.7 Å². The summed E-state index contributed by atoms with van der Waals surface area (Å²) in [4.78, 5) is 25.4. The highest BCUT2D eigenvalue weighted by molar-refractivity contribution is 6.00. The summed E-state index contributed by atoms with van der Waals surface area (Å²) in [6, 6.07) is 14.1. The molecule has 24 heavy (non-hydrogen) atoms. The number of nitrogens with one attached hydrogen (secondary N) is 1. The predicted octanol–water partition coefficient (Wildman–Crippen LogP) is 2.42. The van der Waals surface area contributed by atoms with Gasteiger partial charge in [0.2, 0.25) is 11.8 Å². The molecule has 124 valence electrons. The standard InChI is InChI=1S/C20H22N2O2/c1-14-3-5-15(6-4-14)12-19(23)21-10-9-16-7-8-18-17(11-16)13-20(24)22(18)2/h3-8,11H,9-10,12-13H2,1-2H3,(H,21,23). The van der Waals surface area contributed by atoms with E-state index in [1.165, 1.54) is 5.56 Å². The van der Waals surface area contributed by atoms with Gasteiger partial charge in [-0.2, -0.15) is 0 Å². The van der Waals surface area contributed by atoms with E-state index in [0.29, 0.717) is 19.4 Å². The molecule has 2 amide bonds. The molecule has 4 nitrogen and oxygen atoms in total. The normalized spacial score (nSPS) is 13.1. The van der Waals surface area contributed by atoms with Gasteiger partial charge in [0.05, 0.1) is 12.8 Å². The third-order valence-electron chi connectivity index (χ3n) is 4.44. The Labute approximate surface area is 142 Å². The molecular formula is C20H22N2O2. The third kappa shape index (κ3) is 3.65. The topological polar surface area (TPSA) is 49.4 Å². The second-order valence-corrected chi connectivity index (χ2v) is 6.35. The fourth-order valence-corrected chi connectivity index (χ4v) is 2.98. The Kier molecular flexibility index (Phi) is 4.65. The van der Waals surface area contributed by atoms with E-state index in [1.807, 2.05) is 43.3 Å². The van der Waals surface area contributed by atoms with Crippen LogP contribution in [0.1, 0.15) is 22.3 Å². The number of hydrogen-bond donors (Lipinski definition) is 1. The highest BCUT2D eigenvalue weighted by Crippen LogP contribution is 2.28. The molecule has 0 saturated heterocycles. The Morgan fingerprint density at radius 2 is 1.83 bits per heavy atom. The number of amides is 2. The molecule has 1 aliphatic heterocycles. The SMILES string of the molecule is Cc1ccc(CC(=O)NCCc2ccc3c(c2)CC(=O)N3C)cc1. The lowest BCUT2D eigenvalue weighted by Crippen LogP contribution is -2.27. The lowest BCUT2D eigenvalue weighted by atomic mass is 10.1. The molecule has 0 fully saturated rings. The average molecular weight is 322 g/mol. The molecular weight excluding hydrogens is 300 g/mol. The van der Waals surface area contributed by atoms with Crippen LogP contribution in [0.2, 0.25) is 0 Å². The van der Waals surface area contributed by atoms with Crippen LogP contribution in [0.4, 0.5) is 5.69 Å². The van der Waals surface area contributed by atoms with Gasteiger partial charge < -0.3 is 10.2 Å². The van der Waals surface area contributed by atoms with Crippen LogP contribution < -0.4 is 10.2 Å². The zero-order valence-corrected chi connectivity index (χ0v) is 14.1. The van der Waals surface area contributed by atoms with Crippen LogP contribution in [-0.4, -0.2) is 25.4 Å². The molecule has 1 aliphatic rings. The van der Waals surface area contributed by atoms with Crippen LogP contribution >= 0.6 is 0 Å². The van der Waals surface area contributed by atoms with Crippen LogP contribution in [0, 0.1) is 6.92 Å². The zero-order chi connectivity index (χ0) is 17.1. The summed E-state index contributed by atoms with van der Waals surface area (Å²) in [6.45, 7) is 2.64. The maximum absolute atomic E-state index is 12.0. The maximum atomic E-state index is 12.0. The van der Waals surface area contributed by atoms with Gasteiger partial charge in [-0.3, -0.25) is 9.59 Å². The first-order valence-corrected chi connectivity index (χ1v) is 8.23. The van der Waals surface area contributed by atoms with E-state index in [4.69, 9.17) is 0 Å². The lowest BCUT2D eigenvalue weighted by Gasteiger charge is -2.11. The number of nitrogens with zero attached hydrogens (tertiary/aromatic N) is 1. The van der Waals surface area contributed by atoms with E-state index in [2.05, 4.69) is 11.4 Å². The monoisotopic (exact) mass is 322 g/mol. The van der Waals surface area contributed by atoms with Crippen LogP contribution in [0.25, 0.3) is 0 Å². The summed E-state index contributed by atoms with van der Waals surface area (Å²) in [5, 5.41) is 2.96. The molecule has 1 N–H and O–H groups in total. The molecule has 0 atom stereocenters. The summed E-state index contributed by atoms with van der Waals surface area (Å²) in [5.74, 6) is 0.170. The summed E-state index contributed by atoms with van der Waals surface area (Å²) in [7, 11) is 1.80. The molecule has 0 aliphatic carbocycles. The highest BCUT2D eigenvalue weighted by atomic mass is 16.2. The largest absolute Gasteiger partial charge is 0.355 e. The molecule has 3 rings (SSSR count). The van der Waals surface area contributed by atoms with Crippen molar-refractivity contribution >= 4 is 17.5 Å². The first kappa shape index (κ1) is 16.2. The first-order chi connectivity index (χ1) is 11.5. The van der Waals surface area contributed by atoms with Gasteiger partial charge in [0.25, 0.3) is 0 Å². The summed E-state index contributed by atoms with van der Waals surface area (Å²) in [6.07, 6.45) is 1.65. The van der Waals surface area contributed by atoms with Gasteiger partial charge in [-0.25, -0.2) is 0 Å². The quantitative estimate of drug-likeness (QED) is 0.919. The first-order valence-electron chi connectivity index (χ1n) is 8.23. The van der Waals surface area contributed by atoms with E-state index in [-0.39, 0.29) is 11.8 Å². The molecule has 2 aromatic rings. The number of anilines is 1. The molecule has 0 bridgehead atoms. The fourth-order valence-electron chi connectivity index (χ4n) is 2.98. The molecule has 0 spiro atoms. The molecule has 2 aromatic carbocycles. The van der Waals surface area contributed by atoms with Crippen LogP contribution in [0.5, 0.6) is 0 Å². The van der Waals surface area contributed by atoms with Crippen molar-refractivity contribution in [2.45, 2.75) is 26.2 Å². The van der Waals surface area contributed by atoms with Gasteiger partial charge in [0.1, 0.15) is 0 Å². The predicted molar refractivity (Wildman–Crippen MR) is 95.2 cm³/mol. The number of likely N-dealkylation sites (N-methyl/N-ethyl adjacent to an activating group) is 1. The van der Waals surface area contributed by atoms with Crippen molar-refractivity contribution in [1.82, 2.24) is 5.32 Å². The van der Waals surface area contributed by atoms with E-state index in [0.717, 1.165) is 28.8 Å². The van der Waals surface area contributed by atoms with E-state index in [9.17, 15) is 9.59 Å². The number of carbonyl (C=O) groups is 2. The highest BCUT2D eigenvalue weighted by Gasteiger charge is 2.23. The molecule has 0 unspecified atom stereocenters. The van der Waals surface area contributed by atoms with Gasteiger partial charge in [-0.15, -0.1) is 0 Å². The minimum absolute atomic E-state index is 0.0370. The second kappa shape index (κ2) is 6.87. The van der Waals surface area contributed by atoms with Crippen molar-refractivity contribution in [2.24, 2.45) is 0 Å². The molecule has 0 saturated carbocycles. The minimum atomic E-state index is 0.0370. The average Bonchev–Trinajstić information content (AvgIpc) is 2.84. The second-order valence-electron chi connectivity index (χ2n) is 6.35. The summed E-state index contributed by atoms with van der Waals surface area (Å²) < 4.78 is 0. The van der Waals surface area contributed by atoms with Crippen LogP contribution in [-0.2, 0) is 28.9 Å². The molecule has 0 radical (unpaired) electrons. The van der Waals surface area contributed by atoms with E-state index >= 15 is 0 Å². The van der Waals surface area contributed by atoms with Gasteiger partial charge in [0.15, 0.2) is 0 Å². The third-order valence-corrected chi connectivity index (χ3v) is 4.44. The van der Waals surface area contributed by atoms with E-state index in [1.54, 1.807) is 11.9 Å². The Morgan fingerprint density at radius 3 is 2.58 bits per heavy atom. The summed E-state index contributed by atoms with van der Waals surface area (Å²) in [5.41, 5.74) is 5.43. The fraction of sp³-hybridized carbons (Fsp3) is 0.300. The Bertz CT molecular complexity index is 766. The molecule has 4 heteroatoms. The number of fused-ring (bicyclic) bond motifs is 1. The number of benzene rings is 2. The Balaban J connectivity index is 1.50. The molecule has 0 aromatic heterocycles. The smallest absolute Gasteiger partial charge is 0.231 e. The zero-order valence-electron chi connectivity index (χ0n) is 14.1. The van der Waals surface area contributed by atoms with Gasteiger partial charge >= 0.3 is 0 Å². The van der Waals surface area contributed by atoms with Crippen LogP contribution in [0.3, 0.4) is 0 Å². The van der Waals surface area contributed by atoms with E-state index < -0.39 is 0 Å². The van der Waals surface area contributed by atoms with Gasteiger partial charge in [0, 0.05) is 19.3 Å². The number of rotatable bonds is 5. The number of aryl methyl sites for hydroxylation is 1. The minimum Gasteiger partial charge on any atom is -0.355 e. The van der Waals surface area contributed by atoms with Crippen molar-refractivity contribution < 1.29 is 9.59 Å². The molecule has 1 heterocycles. The van der Waals surface area contributed by atoms with Gasteiger partial charge in [-0.05, 0) is 36.1 Å². The van der Waals surface area contributed by atoms with Crippen molar-refractivity contribution in [3.63, 3.8) is 0 Å². The Morgan fingerprint density at radius 1 is 1.12 bits per heavy atom.